The van der Waals surface area contributed by atoms with Crippen LogP contribution in [-0.2, 0) is 16.0 Å². The second-order valence-corrected chi connectivity index (χ2v) is 5.45. The Bertz CT molecular complexity index is 525. The minimum Gasteiger partial charge on any atom is -0.450 e. The van der Waals surface area contributed by atoms with E-state index in [1.165, 1.54) is 0 Å². The molecule has 1 aliphatic heterocycles. The first-order chi connectivity index (χ1) is 10.6. The monoisotopic (exact) mass is 305 g/mol. The van der Waals surface area contributed by atoms with E-state index in [2.05, 4.69) is 5.32 Å². The van der Waals surface area contributed by atoms with Crippen LogP contribution < -0.4 is 11.1 Å². The average molecular weight is 305 g/mol. The number of nitrogens with zero attached hydrogens (tertiary/aromatic N) is 1. The minimum atomic E-state index is -0.271. The van der Waals surface area contributed by atoms with Crippen LogP contribution in [0.2, 0.25) is 0 Å². The molecule has 1 saturated heterocycles. The summed E-state index contributed by atoms with van der Waals surface area (Å²) in [5, 5.41) is 3.02. The molecule has 22 heavy (non-hydrogen) atoms. The van der Waals surface area contributed by atoms with Crippen molar-refractivity contribution in [2.45, 2.75) is 32.2 Å². The Morgan fingerprint density at radius 1 is 1.36 bits per heavy atom. The van der Waals surface area contributed by atoms with E-state index in [9.17, 15) is 9.59 Å². The van der Waals surface area contributed by atoms with Crippen LogP contribution in [0.4, 0.5) is 10.5 Å². The zero-order valence-electron chi connectivity index (χ0n) is 12.9. The molecule has 0 spiro atoms. The molecule has 2 rings (SSSR count). The number of amides is 2. The fourth-order valence-electron chi connectivity index (χ4n) is 2.59. The second kappa shape index (κ2) is 7.68. The number of anilines is 1. The fourth-order valence-corrected chi connectivity index (χ4v) is 2.59. The van der Waals surface area contributed by atoms with Crippen LogP contribution in [0.25, 0.3) is 0 Å². The van der Waals surface area contributed by atoms with Crippen LogP contribution >= 0.6 is 0 Å². The van der Waals surface area contributed by atoms with Crippen LogP contribution in [0.1, 0.15) is 25.3 Å². The molecule has 1 heterocycles. The molecule has 6 nitrogen and oxygen atoms in total. The molecule has 1 fully saturated rings. The number of likely N-dealkylation sites (tertiary alicyclic amines) is 1. The minimum absolute atomic E-state index is 0.0137. The highest BCUT2D eigenvalue weighted by Crippen LogP contribution is 2.12. The van der Waals surface area contributed by atoms with Crippen LogP contribution in [-0.4, -0.2) is 42.6 Å². The Morgan fingerprint density at radius 3 is 2.73 bits per heavy atom. The Kier molecular flexibility index (Phi) is 5.63. The van der Waals surface area contributed by atoms with E-state index in [4.69, 9.17) is 10.5 Å². The van der Waals surface area contributed by atoms with Gasteiger partial charge < -0.3 is 20.7 Å². The number of hydrogen-bond acceptors (Lipinski definition) is 4. The number of nitrogens with two attached hydrogens (primary N) is 1. The predicted molar refractivity (Wildman–Crippen MR) is 84.3 cm³/mol. The maximum Gasteiger partial charge on any atom is 0.409 e. The van der Waals surface area contributed by atoms with Gasteiger partial charge in [-0.15, -0.1) is 0 Å². The van der Waals surface area contributed by atoms with Gasteiger partial charge in [0.25, 0.3) is 0 Å². The normalized spacial score (nSPS) is 15.4. The van der Waals surface area contributed by atoms with Gasteiger partial charge in [0.15, 0.2) is 0 Å². The highest BCUT2D eigenvalue weighted by molar-refractivity contribution is 5.79. The van der Waals surface area contributed by atoms with Crippen molar-refractivity contribution in [2.24, 2.45) is 0 Å². The van der Waals surface area contributed by atoms with Crippen molar-refractivity contribution in [1.29, 1.82) is 0 Å². The van der Waals surface area contributed by atoms with E-state index in [0.29, 0.717) is 31.8 Å². The SMILES string of the molecule is CCOC(=O)N1CCC(NC(=O)Cc2cccc(N)c2)CC1. The first-order valence-corrected chi connectivity index (χ1v) is 7.64. The zero-order valence-corrected chi connectivity index (χ0v) is 12.9. The molecule has 1 aromatic carbocycles. The molecule has 0 aromatic heterocycles. The van der Waals surface area contributed by atoms with Crippen LogP contribution in [0.15, 0.2) is 24.3 Å². The molecule has 1 aliphatic rings. The Labute approximate surface area is 130 Å². The molecule has 1 aromatic rings. The van der Waals surface area contributed by atoms with Crippen molar-refractivity contribution in [3.8, 4) is 0 Å². The molecule has 6 heteroatoms. The van der Waals surface area contributed by atoms with Crippen molar-refractivity contribution < 1.29 is 14.3 Å². The third-order valence-corrected chi connectivity index (χ3v) is 3.70. The lowest BCUT2D eigenvalue weighted by Crippen LogP contribution is -2.47. The van der Waals surface area contributed by atoms with Crippen LogP contribution in [0.5, 0.6) is 0 Å². The summed E-state index contributed by atoms with van der Waals surface area (Å²) in [6.45, 7) is 3.40. The number of ether oxygens (including phenoxy) is 1. The summed E-state index contributed by atoms with van der Waals surface area (Å²) in [6, 6.07) is 7.45. The molecule has 0 saturated carbocycles. The van der Waals surface area contributed by atoms with E-state index >= 15 is 0 Å². The summed E-state index contributed by atoms with van der Waals surface area (Å²) < 4.78 is 4.98. The topological polar surface area (TPSA) is 84.7 Å². The molecular formula is C16H23N3O3. The largest absolute Gasteiger partial charge is 0.450 e. The summed E-state index contributed by atoms with van der Waals surface area (Å²) >= 11 is 0. The molecule has 120 valence electrons. The lowest BCUT2D eigenvalue weighted by molar-refractivity contribution is -0.121. The highest BCUT2D eigenvalue weighted by atomic mass is 16.6. The third-order valence-electron chi connectivity index (χ3n) is 3.70. The average Bonchev–Trinajstić information content (AvgIpc) is 2.48. The first-order valence-electron chi connectivity index (χ1n) is 7.64. The lowest BCUT2D eigenvalue weighted by Gasteiger charge is -2.31. The van der Waals surface area contributed by atoms with Gasteiger partial charge in [0.1, 0.15) is 0 Å². The standard InChI is InChI=1S/C16H23N3O3/c1-2-22-16(21)19-8-6-14(7-9-19)18-15(20)11-12-4-3-5-13(17)10-12/h3-5,10,14H,2,6-9,11,17H2,1H3,(H,18,20). The van der Waals surface area contributed by atoms with Gasteiger partial charge in [0, 0.05) is 24.8 Å². The third kappa shape index (κ3) is 4.65. The van der Waals surface area contributed by atoms with Gasteiger partial charge in [-0.1, -0.05) is 12.1 Å². The van der Waals surface area contributed by atoms with Crippen molar-refractivity contribution in [1.82, 2.24) is 10.2 Å². The quantitative estimate of drug-likeness (QED) is 0.827. The Morgan fingerprint density at radius 2 is 2.09 bits per heavy atom. The number of hydrogen-bond donors (Lipinski definition) is 2. The number of rotatable bonds is 4. The maximum absolute atomic E-state index is 12.1. The number of piperidine rings is 1. The van der Waals surface area contributed by atoms with Gasteiger partial charge in [-0.25, -0.2) is 4.79 Å². The van der Waals surface area contributed by atoms with Crippen LogP contribution in [0, 0.1) is 0 Å². The number of benzene rings is 1. The van der Waals surface area contributed by atoms with E-state index in [0.717, 1.165) is 18.4 Å². The summed E-state index contributed by atoms with van der Waals surface area (Å²) in [5.41, 5.74) is 7.27. The smallest absolute Gasteiger partial charge is 0.409 e. The number of nitrogens with one attached hydrogen (secondary N) is 1. The van der Waals surface area contributed by atoms with E-state index < -0.39 is 0 Å². The number of carbonyl (C=O) groups excluding carboxylic acids is 2. The molecule has 2 amide bonds. The summed E-state index contributed by atoms with van der Waals surface area (Å²) in [7, 11) is 0. The van der Waals surface area contributed by atoms with Crippen LogP contribution in [0.3, 0.4) is 0 Å². The lowest BCUT2D eigenvalue weighted by atomic mass is 10.0. The maximum atomic E-state index is 12.1. The van der Waals surface area contributed by atoms with Crippen molar-refractivity contribution in [3.63, 3.8) is 0 Å². The highest BCUT2D eigenvalue weighted by Gasteiger charge is 2.24. The second-order valence-electron chi connectivity index (χ2n) is 5.45. The first kappa shape index (κ1) is 16.1. The molecule has 0 aliphatic carbocycles. The molecule has 3 N–H and O–H groups in total. The van der Waals surface area contributed by atoms with Crippen molar-refractivity contribution in [3.05, 3.63) is 29.8 Å². The molecule has 0 radical (unpaired) electrons. The van der Waals surface area contributed by atoms with Gasteiger partial charge in [-0.2, -0.15) is 0 Å². The van der Waals surface area contributed by atoms with E-state index in [-0.39, 0.29) is 18.0 Å². The molecular weight excluding hydrogens is 282 g/mol. The summed E-state index contributed by atoms with van der Waals surface area (Å²) in [5.74, 6) is -0.0137. The van der Waals surface area contributed by atoms with Gasteiger partial charge in [0.2, 0.25) is 5.91 Å². The summed E-state index contributed by atoms with van der Waals surface area (Å²) in [4.78, 5) is 25.3. The zero-order chi connectivity index (χ0) is 15.9. The van der Waals surface area contributed by atoms with Gasteiger partial charge in [-0.05, 0) is 37.5 Å². The number of carbonyl (C=O) groups is 2. The predicted octanol–water partition coefficient (Wildman–Crippen LogP) is 1.55. The Balaban J connectivity index is 1.76. The molecule has 0 atom stereocenters. The summed E-state index contributed by atoms with van der Waals surface area (Å²) in [6.07, 6.45) is 1.55. The Hall–Kier alpha value is -2.24. The van der Waals surface area contributed by atoms with E-state index in [1.54, 1.807) is 17.9 Å². The molecule has 0 unspecified atom stereocenters. The molecule has 0 bridgehead atoms. The van der Waals surface area contributed by atoms with Gasteiger partial charge >= 0.3 is 6.09 Å². The fraction of sp³-hybridized carbons (Fsp3) is 0.500. The van der Waals surface area contributed by atoms with Gasteiger partial charge in [-0.3, -0.25) is 4.79 Å². The van der Waals surface area contributed by atoms with Crippen molar-refractivity contribution >= 4 is 17.7 Å². The van der Waals surface area contributed by atoms with Gasteiger partial charge in [0.05, 0.1) is 13.0 Å². The van der Waals surface area contributed by atoms with E-state index in [1.807, 2.05) is 18.2 Å². The van der Waals surface area contributed by atoms with Crippen molar-refractivity contribution in [2.75, 3.05) is 25.4 Å². The number of nitrogen functional groups attached to an aromatic ring is 1.